The lowest BCUT2D eigenvalue weighted by molar-refractivity contribution is 0.189. The van der Waals surface area contributed by atoms with Crippen LogP contribution in [0.1, 0.15) is 42.8 Å². The highest BCUT2D eigenvalue weighted by Gasteiger charge is 2.13. The van der Waals surface area contributed by atoms with Gasteiger partial charge in [0.1, 0.15) is 11.9 Å². The minimum atomic E-state index is -0.673. The Hall–Kier alpha value is -1.54. The molecule has 1 aromatic heterocycles. The smallest absolute Gasteiger partial charge is 0.137 e. The van der Waals surface area contributed by atoms with Crippen LogP contribution in [-0.4, -0.2) is 5.11 Å². The van der Waals surface area contributed by atoms with Gasteiger partial charge in [0.2, 0.25) is 0 Å². The van der Waals surface area contributed by atoms with Gasteiger partial charge >= 0.3 is 0 Å². The highest BCUT2D eigenvalue weighted by molar-refractivity contribution is 5.30. The van der Waals surface area contributed by atoms with E-state index in [1.807, 2.05) is 18.2 Å². The van der Waals surface area contributed by atoms with Gasteiger partial charge in [0.05, 0.1) is 6.26 Å². The highest BCUT2D eigenvalue weighted by atomic mass is 16.4. The summed E-state index contributed by atoms with van der Waals surface area (Å²) in [5, 5.41) is 10.1. The van der Waals surface area contributed by atoms with Gasteiger partial charge in [0.25, 0.3) is 0 Å². The van der Waals surface area contributed by atoms with Crippen LogP contribution in [0.2, 0.25) is 0 Å². The zero-order valence-corrected chi connectivity index (χ0v) is 9.55. The first-order chi connectivity index (χ1) is 7.68. The van der Waals surface area contributed by atoms with Gasteiger partial charge in [-0.05, 0) is 29.2 Å². The molecule has 0 aliphatic carbocycles. The summed E-state index contributed by atoms with van der Waals surface area (Å²) < 4.78 is 5.20. The largest absolute Gasteiger partial charge is 0.466 e. The van der Waals surface area contributed by atoms with E-state index in [4.69, 9.17) is 4.42 Å². The van der Waals surface area contributed by atoms with E-state index in [0.29, 0.717) is 11.7 Å². The molecule has 0 saturated heterocycles. The Balaban J connectivity index is 2.30. The van der Waals surface area contributed by atoms with E-state index >= 15 is 0 Å². The third-order valence-electron chi connectivity index (χ3n) is 2.71. The van der Waals surface area contributed by atoms with Crippen LogP contribution in [0.15, 0.2) is 47.1 Å². The minimum absolute atomic E-state index is 0.462. The van der Waals surface area contributed by atoms with Gasteiger partial charge < -0.3 is 9.52 Å². The summed E-state index contributed by atoms with van der Waals surface area (Å²) in [7, 11) is 0. The second-order valence-corrected chi connectivity index (χ2v) is 4.24. The first kappa shape index (κ1) is 11.0. The Morgan fingerprint density at radius 1 is 1.06 bits per heavy atom. The first-order valence-corrected chi connectivity index (χ1v) is 5.50. The summed E-state index contributed by atoms with van der Waals surface area (Å²) in [6.07, 6.45) is 0.902. The Kier molecular flexibility index (Phi) is 3.11. The van der Waals surface area contributed by atoms with Crippen LogP contribution in [0.3, 0.4) is 0 Å². The molecule has 1 aromatic carbocycles. The van der Waals surface area contributed by atoms with Crippen molar-refractivity contribution in [1.29, 1.82) is 0 Å². The number of aliphatic hydroxyl groups excluding tert-OH is 1. The van der Waals surface area contributed by atoms with Gasteiger partial charge in [0, 0.05) is 0 Å². The number of hydrogen-bond donors (Lipinski definition) is 1. The fourth-order valence-electron chi connectivity index (χ4n) is 1.70. The van der Waals surface area contributed by atoms with Crippen LogP contribution >= 0.6 is 0 Å². The minimum Gasteiger partial charge on any atom is -0.466 e. The van der Waals surface area contributed by atoms with E-state index in [2.05, 4.69) is 19.9 Å². The van der Waals surface area contributed by atoms with Gasteiger partial charge in [-0.25, -0.2) is 0 Å². The van der Waals surface area contributed by atoms with E-state index in [1.165, 1.54) is 5.56 Å². The topological polar surface area (TPSA) is 33.4 Å². The molecule has 1 heterocycles. The van der Waals surface area contributed by atoms with Crippen molar-refractivity contribution in [2.24, 2.45) is 0 Å². The number of benzene rings is 1. The van der Waals surface area contributed by atoms with E-state index in [9.17, 15) is 5.11 Å². The third kappa shape index (κ3) is 2.17. The highest BCUT2D eigenvalue weighted by Crippen LogP contribution is 2.25. The lowest BCUT2D eigenvalue weighted by atomic mass is 9.98. The normalized spacial score (nSPS) is 13.0. The molecule has 1 atom stereocenters. The monoisotopic (exact) mass is 216 g/mol. The summed E-state index contributed by atoms with van der Waals surface area (Å²) in [4.78, 5) is 0. The number of hydrogen-bond acceptors (Lipinski definition) is 2. The summed E-state index contributed by atoms with van der Waals surface area (Å²) in [6, 6.07) is 11.5. The average molecular weight is 216 g/mol. The van der Waals surface area contributed by atoms with Crippen LogP contribution in [0.5, 0.6) is 0 Å². The zero-order chi connectivity index (χ0) is 11.5. The maximum Gasteiger partial charge on any atom is 0.137 e. The molecular weight excluding hydrogens is 200 g/mol. The van der Waals surface area contributed by atoms with E-state index in [-0.39, 0.29) is 0 Å². The van der Waals surface area contributed by atoms with Gasteiger partial charge in [-0.15, -0.1) is 0 Å². The fraction of sp³-hybridized carbons (Fsp3) is 0.286. The van der Waals surface area contributed by atoms with E-state index in [0.717, 1.165) is 5.56 Å². The number of rotatable bonds is 3. The molecule has 2 nitrogen and oxygen atoms in total. The number of furan rings is 1. The Bertz CT molecular complexity index is 444. The number of aliphatic hydroxyl groups is 1. The van der Waals surface area contributed by atoms with Crippen molar-refractivity contribution < 1.29 is 9.52 Å². The average Bonchev–Trinajstić information content (AvgIpc) is 2.81. The second kappa shape index (κ2) is 4.54. The molecule has 2 rings (SSSR count). The molecule has 16 heavy (non-hydrogen) atoms. The summed E-state index contributed by atoms with van der Waals surface area (Å²) in [5.41, 5.74) is 2.10. The molecule has 0 aliphatic rings. The van der Waals surface area contributed by atoms with E-state index in [1.54, 1.807) is 18.4 Å². The molecule has 84 valence electrons. The van der Waals surface area contributed by atoms with Crippen LogP contribution < -0.4 is 0 Å². The molecule has 0 aliphatic heterocycles. The van der Waals surface area contributed by atoms with Gasteiger partial charge in [0.15, 0.2) is 0 Å². The molecular formula is C14H16O2. The third-order valence-corrected chi connectivity index (χ3v) is 2.71. The van der Waals surface area contributed by atoms with Gasteiger partial charge in [-0.3, -0.25) is 0 Å². The van der Waals surface area contributed by atoms with Crippen molar-refractivity contribution in [3.05, 3.63) is 59.5 Å². The van der Waals surface area contributed by atoms with Crippen molar-refractivity contribution in [2.75, 3.05) is 0 Å². The van der Waals surface area contributed by atoms with Crippen molar-refractivity contribution >= 4 is 0 Å². The molecule has 2 heteroatoms. The zero-order valence-electron chi connectivity index (χ0n) is 9.55. The Labute approximate surface area is 95.5 Å². The van der Waals surface area contributed by atoms with Gasteiger partial charge in [-0.1, -0.05) is 38.1 Å². The molecule has 1 N–H and O–H groups in total. The Morgan fingerprint density at radius 3 is 2.44 bits per heavy atom. The summed E-state index contributed by atoms with van der Waals surface area (Å²) in [6.45, 7) is 4.27. The fourth-order valence-corrected chi connectivity index (χ4v) is 1.70. The molecule has 1 unspecified atom stereocenters. The molecule has 0 amide bonds. The predicted octanol–water partition coefficient (Wildman–Crippen LogP) is 3.48. The van der Waals surface area contributed by atoms with Crippen LogP contribution in [0, 0.1) is 0 Å². The molecule has 2 aromatic rings. The standard InChI is InChI=1S/C14H16O2/c1-10(2)11-5-3-6-12(9-11)14(15)13-7-4-8-16-13/h3-10,14-15H,1-2H3. The van der Waals surface area contributed by atoms with Crippen LogP contribution in [0.4, 0.5) is 0 Å². The second-order valence-electron chi connectivity index (χ2n) is 4.24. The van der Waals surface area contributed by atoms with Crippen LogP contribution in [0.25, 0.3) is 0 Å². The van der Waals surface area contributed by atoms with E-state index < -0.39 is 6.10 Å². The van der Waals surface area contributed by atoms with Crippen molar-refractivity contribution in [2.45, 2.75) is 25.9 Å². The van der Waals surface area contributed by atoms with Crippen molar-refractivity contribution in [3.8, 4) is 0 Å². The molecule has 0 spiro atoms. The quantitative estimate of drug-likeness (QED) is 0.852. The molecule has 0 radical (unpaired) electrons. The first-order valence-electron chi connectivity index (χ1n) is 5.50. The predicted molar refractivity (Wildman–Crippen MR) is 63.3 cm³/mol. The van der Waals surface area contributed by atoms with Crippen molar-refractivity contribution in [1.82, 2.24) is 0 Å². The summed E-state index contributed by atoms with van der Waals surface area (Å²) in [5.74, 6) is 1.05. The lowest BCUT2D eigenvalue weighted by Crippen LogP contribution is -1.99. The summed E-state index contributed by atoms with van der Waals surface area (Å²) >= 11 is 0. The van der Waals surface area contributed by atoms with Crippen LogP contribution in [-0.2, 0) is 0 Å². The Morgan fingerprint density at radius 2 is 1.81 bits per heavy atom. The molecule has 0 fully saturated rings. The lowest BCUT2D eigenvalue weighted by Gasteiger charge is -2.11. The maximum atomic E-state index is 10.1. The molecule has 0 bridgehead atoms. The van der Waals surface area contributed by atoms with Gasteiger partial charge in [-0.2, -0.15) is 0 Å². The maximum absolute atomic E-state index is 10.1. The van der Waals surface area contributed by atoms with Crippen molar-refractivity contribution in [3.63, 3.8) is 0 Å². The SMILES string of the molecule is CC(C)c1cccc(C(O)c2ccco2)c1. The molecule has 0 saturated carbocycles.